The van der Waals surface area contributed by atoms with Crippen LogP contribution in [0.25, 0.3) is 0 Å². The summed E-state index contributed by atoms with van der Waals surface area (Å²) in [5, 5.41) is 12.3. The van der Waals surface area contributed by atoms with Crippen molar-refractivity contribution >= 4 is 11.9 Å². The smallest absolute Gasteiger partial charge is 0.317 e. The lowest BCUT2D eigenvalue weighted by Crippen LogP contribution is -2.58. The molecule has 0 bridgehead atoms. The fraction of sp³-hybridized carbons (Fsp3) is 0.889. The second-order valence-electron chi connectivity index (χ2n) is 7.88. The molecule has 0 aliphatic carbocycles. The van der Waals surface area contributed by atoms with Gasteiger partial charge in [-0.2, -0.15) is 0 Å². The molecule has 0 saturated carbocycles. The Hall–Kier alpha value is -1.22. The zero-order valence-corrected chi connectivity index (χ0v) is 15.6. The maximum Gasteiger partial charge on any atom is 0.317 e. The summed E-state index contributed by atoms with van der Waals surface area (Å²) < 4.78 is 0. The van der Waals surface area contributed by atoms with Gasteiger partial charge in [0.25, 0.3) is 0 Å². The summed E-state index contributed by atoms with van der Waals surface area (Å²) in [7, 11) is 0. The first-order chi connectivity index (χ1) is 12.5. The third-order valence-corrected chi connectivity index (χ3v) is 6.24. The Morgan fingerprint density at radius 1 is 1.00 bits per heavy atom. The monoisotopic (exact) mass is 367 g/mol. The van der Waals surface area contributed by atoms with Gasteiger partial charge in [-0.15, -0.1) is 0 Å². The average Bonchev–Trinajstić information content (AvgIpc) is 2.68. The first-order valence-corrected chi connectivity index (χ1v) is 9.98. The number of carboxylic acid groups (broad SMARTS) is 1. The Balaban J connectivity index is 1.42. The fourth-order valence-electron chi connectivity index (χ4n) is 4.55. The van der Waals surface area contributed by atoms with Gasteiger partial charge in [0.2, 0.25) is 5.91 Å². The fourth-order valence-corrected chi connectivity index (χ4v) is 4.55. The van der Waals surface area contributed by atoms with Gasteiger partial charge >= 0.3 is 5.97 Å². The van der Waals surface area contributed by atoms with Crippen LogP contribution in [0.2, 0.25) is 0 Å². The molecule has 0 aromatic heterocycles. The molecule has 3 aliphatic heterocycles. The van der Waals surface area contributed by atoms with Crippen LogP contribution in [-0.2, 0) is 9.59 Å². The number of carbonyl (C=O) groups excluding carboxylic acids is 1. The highest BCUT2D eigenvalue weighted by molar-refractivity contribution is 5.82. The van der Waals surface area contributed by atoms with Gasteiger partial charge < -0.3 is 21.1 Å². The summed E-state index contributed by atoms with van der Waals surface area (Å²) in [6.07, 6.45) is 4.00. The van der Waals surface area contributed by atoms with Crippen LogP contribution in [0.4, 0.5) is 0 Å². The first kappa shape index (κ1) is 19.5. The van der Waals surface area contributed by atoms with Crippen LogP contribution in [0.3, 0.4) is 0 Å². The zero-order chi connectivity index (χ0) is 18.5. The van der Waals surface area contributed by atoms with Crippen molar-refractivity contribution in [3.8, 4) is 0 Å². The van der Waals surface area contributed by atoms with E-state index >= 15 is 0 Å². The van der Waals surface area contributed by atoms with Gasteiger partial charge in [-0.1, -0.05) is 0 Å². The third-order valence-electron chi connectivity index (χ3n) is 6.24. The molecule has 0 spiro atoms. The second-order valence-corrected chi connectivity index (χ2v) is 7.88. The number of hydrogen-bond acceptors (Lipinski definition) is 6. The Morgan fingerprint density at radius 3 is 2.19 bits per heavy atom. The molecule has 0 radical (unpaired) electrons. The molecule has 3 fully saturated rings. The number of nitrogens with one attached hydrogen (secondary N) is 1. The number of rotatable bonds is 5. The molecule has 4 N–H and O–H groups in total. The molecule has 3 rings (SSSR count). The Bertz CT molecular complexity index is 481. The molecule has 3 aliphatic rings. The van der Waals surface area contributed by atoms with Gasteiger partial charge in [0, 0.05) is 32.2 Å². The first-order valence-electron chi connectivity index (χ1n) is 9.98. The summed E-state index contributed by atoms with van der Waals surface area (Å²) in [5.74, 6) is -0.558. The van der Waals surface area contributed by atoms with Gasteiger partial charge in [0.05, 0.1) is 12.6 Å². The third kappa shape index (κ3) is 4.94. The van der Waals surface area contributed by atoms with Crippen molar-refractivity contribution in [3.63, 3.8) is 0 Å². The lowest BCUT2D eigenvalue weighted by atomic mass is 9.89. The van der Waals surface area contributed by atoms with E-state index in [0.717, 1.165) is 52.1 Å². The van der Waals surface area contributed by atoms with Gasteiger partial charge in [0.15, 0.2) is 0 Å². The maximum absolute atomic E-state index is 12.8. The van der Waals surface area contributed by atoms with Crippen molar-refractivity contribution in [3.05, 3.63) is 0 Å². The quantitative estimate of drug-likeness (QED) is 0.573. The van der Waals surface area contributed by atoms with Crippen molar-refractivity contribution in [2.75, 3.05) is 58.9 Å². The van der Waals surface area contributed by atoms with Crippen LogP contribution in [-0.4, -0.2) is 103 Å². The topological polar surface area (TPSA) is 102 Å². The number of amides is 1. The summed E-state index contributed by atoms with van der Waals surface area (Å²) in [6.45, 7) is 7.12. The van der Waals surface area contributed by atoms with Crippen LogP contribution in [0.1, 0.15) is 25.7 Å². The molecular formula is C18H33N5O3. The van der Waals surface area contributed by atoms with Crippen molar-refractivity contribution in [2.45, 2.75) is 37.8 Å². The van der Waals surface area contributed by atoms with E-state index in [1.807, 2.05) is 9.80 Å². The molecule has 1 atom stereocenters. The number of carbonyl (C=O) groups is 2. The highest BCUT2D eigenvalue weighted by atomic mass is 16.4. The molecule has 0 aromatic carbocycles. The lowest BCUT2D eigenvalue weighted by molar-refractivity contribution is -0.140. The van der Waals surface area contributed by atoms with E-state index in [1.54, 1.807) is 0 Å². The molecule has 8 heteroatoms. The van der Waals surface area contributed by atoms with Gasteiger partial charge in [-0.3, -0.25) is 19.4 Å². The molecule has 148 valence electrons. The van der Waals surface area contributed by atoms with Gasteiger partial charge in [-0.05, 0) is 57.8 Å². The SMILES string of the molecule is NC(C(=O)N1CCN(C2CCNCC2)CC1)C1CCN(CC(=O)O)CC1. The molecule has 8 nitrogen and oxygen atoms in total. The number of nitrogens with two attached hydrogens (primary N) is 1. The Kier molecular flexibility index (Phi) is 6.86. The van der Waals surface area contributed by atoms with E-state index < -0.39 is 12.0 Å². The summed E-state index contributed by atoms with van der Waals surface area (Å²) in [4.78, 5) is 30.0. The highest BCUT2D eigenvalue weighted by Crippen LogP contribution is 2.22. The van der Waals surface area contributed by atoms with E-state index in [2.05, 4.69) is 10.2 Å². The average molecular weight is 367 g/mol. The molecule has 3 saturated heterocycles. The Morgan fingerprint density at radius 2 is 1.62 bits per heavy atom. The Labute approximate surface area is 155 Å². The number of piperazine rings is 1. The van der Waals surface area contributed by atoms with Crippen molar-refractivity contribution in [2.24, 2.45) is 11.7 Å². The summed E-state index contributed by atoms with van der Waals surface area (Å²) >= 11 is 0. The molecule has 1 unspecified atom stereocenters. The van der Waals surface area contributed by atoms with E-state index in [-0.39, 0.29) is 18.4 Å². The van der Waals surface area contributed by atoms with Crippen LogP contribution in [0.5, 0.6) is 0 Å². The summed E-state index contributed by atoms with van der Waals surface area (Å²) in [5.41, 5.74) is 6.30. The number of aliphatic carboxylic acids is 1. The van der Waals surface area contributed by atoms with Crippen LogP contribution >= 0.6 is 0 Å². The van der Waals surface area contributed by atoms with Gasteiger partial charge in [-0.25, -0.2) is 0 Å². The number of hydrogen-bond donors (Lipinski definition) is 3. The predicted octanol–water partition coefficient (Wildman–Crippen LogP) is -0.993. The van der Waals surface area contributed by atoms with Crippen LogP contribution in [0.15, 0.2) is 0 Å². The number of nitrogens with zero attached hydrogens (tertiary/aromatic N) is 3. The van der Waals surface area contributed by atoms with E-state index in [4.69, 9.17) is 10.8 Å². The molecule has 26 heavy (non-hydrogen) atoms. The minimum Gasteiger partial charge on any atom is -0.480 e. The van der Waals surface area contributed by atoms with Crippen LogP contribution in [0, 0.1) is 5.92 Å². The minimum atomic E-state index is -0.796. The highest BCUT2D eigenvalue weighted by Gasteiger charge is 2.34. The molecule has 1 amide bonds. The standard InChI is InChI=1S/C18H33N5O3/c19-17(14-3-7-21(8-4-14)13-16(24)25)18(26)23-11-9-22(10-12-23)15-1-5-20-6-2-15/h14-15,17,20H,1-13,19H2,(H,24,25). The number of piperidine rings is 2. The minimum absolute atomic E-state index is 0.0756. The van der Waals surface area contributed by atoms with Gasteiger partial charge in [0.1, 0.15) is 0 Å². The van der Waals surface area contributed by atoms with Crippen molar-refractivity contribution in [1.82, 2.24) is 20.0 Å². The molecular weight excluding hydrogens is 334 g/mol. The number of likely N-dealkylation sites (tertiary alicyclic amines) is 1. The normalized spacial score (nSPS) is 26.0. The largest absolute Gasteiger partial charge is 0.480 e. The predicted molar refractivity (Wildman–Crippen MR) is 98.8 cm³/mol. The van der Waals surface area contributed by atoms with Crippen molar-refractivity contribution < 1.29 is 14.7 Å². The van der Waals surface area contributed by atoms with E-state index in [0.29, 0.717) is 19.1 Å². The molecule has 3 heterocycles. The maximum atomic E-state index is 12.8. The summed E-state index contributed by atoms with van der Waals surface area (Å²) in [6, 6.07) is 0.202. The van der Waals surface area contributed by atoms with Crippen LogP contribution < -0.4 is 11.1 Å². The van der Waals surface area contributed by atoms with E-state index in [1.165, 1.54) is 12.8 Å². The number of carboxylic acids is 1. The lowest BCUT2D eigenvalue weighted by Gasteiger charge is -2.42. The van der Waals surface area contributed by atoms with Crippen molar-refractivity contribution in [1.29, 1.82) is 0 Å². The molecule has 0 aromatic rings. The second kappa shape index (κ2) is 9.12. The zero-order valence-electron chi connectivity index (χ0n) is 15.6. The van der Waals surface area contributed by atoms with E-state index in [9.17, 15) is 9.59 Å².